The number of rotatable bonds is 21. The number of primary amides is 1. The fraction of sp³-hybridized carbons (Fsp3) is 0.500. The standard InChI is InChI=1S/C38H48ClN3O8S/c39-30-11-10-26(51-19-5-1-4-18-42(22-33(40)45)37(49)36(48)35(47)34(46)31(44)23-43)20-24(30)12-14-38(15-16-38)29-21-41-17-13-27(29)28-6-2-3-7-32(28)50-25-8-9-25/h2-3,6-7,10-11,13,17,20-21,25,31,34-36,43-44,46-48H,1,4-5,8-9,12,14-16,18-19,22-23H2,(H2,40,45)/t31-,34+,35-,36-/m0/s1. The van der Waals surface area contributed by atoms with Gasteiger partial charge < -0.3 is 40.9 Å². The quantitative estimate of drug-likeness (QED) is 0.0696. The highest BCUT2D eigenvalue weighted by molar-refractivity contribution is 7.99. The zero-order valence-corrected chi connectivity index (χ0v) is 30.1. The van der Waals surface area contributed by atoms with Crippen LogP contribution in [0.3, 0.4) is 0 Å². The molecule has 0 radical (unpaired) electrons. The fourth-order valence-corrected chi connectivity index (χ4v) is 7.49. The van der Waals surface area contributed by atoms with Gasteiger partial charge in [0.05, 0.1) is 19.3 Å². The molecule has 51 heavy (non-hydrogen) atoms. The lowest BCUT2D eigenvalue weighted by atomic mass is 9.85. The number of thioether (sulfide) groups is 1. The van der Waals surface area contributed by atoms with Gasteiger partial charge in [-0.15, -0.1) is 11.8 Å². The Morgan fingerprint density at radius 1 is 1.02 bits per heavy atom. The molecule has 1 heterocycles. The SMILES string of the molecule is NC(=O)CN(CCCCCSc1ccc(Cl)c(CCC2(c3cnccc3-c3ccccc3OC3CC3)CC2)c1)C(=O)[C@@H](O)[C@@H](O)[C@H](O)[C@@H](O)CO. The van der Waals surface area contributed by atoms with E-state index in [-0.39, 0.29) is 12.0 Å². The fourth-order valence-electron chi connectivity index (χ4n) is 6.30. The third-order valence-electron chi connectivity index (χ3n) is 9.64. The lowest BCUT2D eigenvalue weighted by Gasteiger charge is -2.29. The third-order valence-corrected chi connectivity index (χ3v) is 11.1. The molecule has 0 bridgehead atoms. The van der Waals surface area contributed by atoms with Crippen molar-refractivity contribution in [2.75, 3.05) is 25.4 Å². The Morgan fingerprint density at radius 2 is 1.78 bits per heavy atom. The first-order chi connectivity index (χ1) is 24.5. The molecule has 11 nitrogen and oxygen atoms in total. The maximum absolute atomic E-state index is 12.8. The number of aliphatic hydroxyl groups excluding tert-OH is 5. The van der Waals surface area contributed by atoms with Crippen molar-refractivity contribution in [1.29, 1.82) is 0 Å². The second-order valence-corrected chi connectivity index (χ2v) is 15.2. The van der Waals surface area contributed by atoms with Gasteiger partial charge in [0.1, 0.15) is 24.1 Å². The number of para-hydroxylation sites is 1. The molecule has 0 aliphatic heterocycles. The minimum atomic E-state index is -2.11. The summed E-state index contributed by atoms with van der Waals surface area (Å²) in [4.78, 5) is 31.0. The Morgan fingerprint density at radius 3 is 2.49 bits per heavy atom. The van der Waals surface area contributed by atoms with Crippen LogP contribution in [0.15, 0.2) is 65.8 Å². The number of hydrogen-bond donors (Lipinski definition) is 6. The van der Waals surface area contributed by atoms with Gasteiger partial charge in [-0.1, -0.05) is 36.2 Å². The Labute approximate surface area is 307 Å². The van der Waals surface area contributed by atoms with Gasteiger partial charge >= 0.3 is 0 Å². The maximum Gasteiger partial charge on any atom is 0.254 e. The summed E-state index contributed by atoms with van der Waals surface area (Å²) in [6.07, 6.45) is 4.53. The first-order valence-electron chi connectivity index (χ1n) is 17.5. The second kappa shape index (κ2) is 18.0. The van der Waals surface area contributed by atoms with Crippen LogP contribution in [0.4, 0.5) is 0 Å². The molecule has 2 aromatic carbocycles. The summed E-state index contributed by atoms with van der Waals surface area (Å²) in [7, 11) is 0. The number of aromatic nitrogens is 1. The molecule has 0 unspecified atom stereocenters. The highest BCUT2D eigenvalue weighted by Gasteiger charge is 2.45. The van der Waals surface area contributed by atoms with E-state index in [1.807, 2.05) is 30.6 Å². The number of aliphatic hydroxyl groups is 5. The molecule has 13 heteroatoms. The summed E-state index contributed by atoms with van der Waals surface area (Å²) in [5.74, 6) is -0.0670. The van der Waals surface area contributed by atoms with Crippen molar-refractivity contribution in [3.8, 4) is 16.9 Å². The smallest absolute Gasteiger partial charge is 0.254 e. The van der Waals surface area contributed by atoms with Crippen LogP contribution in [-0.2, 0) is 21.4 Å². The van der Waals surface area contributed by atoms with Crippen molar-refractivity contribution in [2.24, 2.45) is 5.73 Å². The number of carbonyl (C=O) groups excluding carboxylic acids is 2. The molecule has 5 rings (SSSR count). The van der Waals surface area contributed by atoms with Crippen LogP contribution in [0.1, 0.15) is 62.5 Å². The second-order valence-electron chi connectivity index (χ2n) is 13.6. The summed E-state index contributed by atoms with van der Waals surface area (Å²) in [5.41, 5.74) is 9.99. The number of nitrogens with zero attached hydrogens (tertiary/aromatic N) is 2. The highest BCUT2D eigenvalue weighted by atomic mass is 35.5. The van der Waals surface area contributed by atoms with Crippen LogP contribution in [0.5, 0.6) is 5.75 Å². The van der Waals surface area contributed by atoms with E-state index in [1.54, 1.807) is 11.8 Å². The first-order valence-corrected chi connectivity index (χ1v) is 18.9. The molecule has 2 aliphatic carbocycles. The van der Waals surface area contributed by atoms with Gasteiger partial charge in [-0.2, -0.15) is 0 Å². The van der Waals surface area contributed by atoms with Crippen LogP contribution in [0, 0.1) is 0 Å². The molecule has 7 N–H and O–H groups in total. The number of aryl methyl sites for hydroxylation is 1. The van der Waals surface area contributed by atoms with Gasteiger partial charge in [0.25, 0.3) is 5.91 Å². The predicted octanol–water partition coefficient (Wildman–Crippen LogP) is 3.62. The minimum Gasteiger partial charge on any atom is -0.490 e. The van der Waals surface area contributed by atoms with Crippen molar-refractivity contribution in [3.05, 3.63) is 77.1 Å². The molecule has 3 aromatic rings. The van der Waals surface area contributed by atoms with E-state index in [2.05, 4.69) is 35.3 Å². The zero-order chi connectivity index (χ0) is 36.5. The first kappa shape index (κ1) is 39.0. The molecule has 2 aliphatic rings. The topological polar surface area (TPSA) is 187 Å². The number of pyridine rings is 1. The molecular weight excluding hydrogens is 694 g/mol. The molecule has 0 spiro atoms. The van der Waals surface area contributed by atoms with Crippen LogP contribution in [0.2, 0.25) is 5.02 Å². The van der Waals surface area contributed by atoms with Gasteiger partial charge in [-0.25, -0.2) is 0 Å². The molecule has 0 saturated heterocycles. The molecule has 1 aromatic heterocycles. The van der Waals surface area contributed by atoms with Crippen LogP contribution in [0.25, 0.3) is 11.1 Å². The maximum atomic E-state index is 12.8. The minimum absolute atomic E-state index is 0.0428. The molecule has 2 amide bonds. The summed E-state index contributed by atoms with van der Waals surface area (Å²) in [6.45, 7) is -1.26. The summed E-state index contributed by atoms with van der Waals surface area (Å²) in [6, 6.07) is 16.5. The number of ether oxygens (including phenoxy) is 1. The van der Waals surface area contributed by atoms with E-state index in [1.165, 1.54) is 11.1 Å². The molecule has 276 valence electrons. The summed E-state index contributed by atoms with van der Waals surface area (Å²) in [5, 5.41) is 49.5. The normalized spacial score (nSPS) is 17.3. The van der Waals surface area contributed by atoms with Gasteiger partial charge in [0.2, 0.25) is 5.91 Å². The van der Waals surface area contributed by atoms with Gasteiger partial charge in [0.15, 0.2) is 6.10 Å². The molecular formula is C38H48ClN3O8S. The lowest BCUT2D eigenvalue weighted by molar-refractivity contribution is -0.159. The number of carbonyl (C=O) groups is 2. The van der Waals surface area contributed by atoms with Crippen molar-refractivity contribution < 1.29 is 39.9 Å². The Balaban J connectivity index is 1.12. The largest absolute Gasteiger partial charge is 0.490 e. The number of halogens is 1. The number of benzene rings is 2. The van der Waals surface area contributed by atoms with Crippen molar-refractivity contribution in [2.45, 2.75) is 98.6 Å². The monoisotopic (exact) mass is 741 g/mol. The molecule has 4 atom stereocenters. The summed E-state index contributed by atoms with van der Waals surface area (Å²) < 4.78 is 6.27. The van der Waals surface area contributed by atoms with E-state index in [0.29, 0.717) is 18.9 Å². The molecule has 2 saturated carbocycles. The average Bonchev–Trinajstić information content (AvgIpc) is 4.08. The predicted molar refractivity (Wildman–Crippen MR) is 195 cm³/mol. The van der Waals surface area contributed by atoms with E-state index in [9.17, 15) is 30.0 Å². The Kier molecular flexibility index (Phi) is 13.8. The number of nitrogens with two attached hydrogens (primary N) is 1. The van der Waals surface area contributed by atoms with Gasteiger partial charge in [-0.05, 0) is 110 Å². The van der Waals surface area contributed by atoms with Gasteiger partial charge in [0, 0.05) is 34.4 Å². The van der Waals surface area contributed by atoms with E-state index in [4.69, 9.17) is 27.2 Å². The van der Waals surface area contributed by atoms with E-state index < -0.39 is 49.4 Å². The number of unbranched alkanes of at least 4 members (excludes halogenated alkanes) is 2. The van der Waals surface area contributed by atoms with Crippen LogP contribution in [-0.4, -0.2) is 103 Å². The third kappa shape index (κ3) is 10.4. The zero-order valence-electron chi connectivity index (χ0n) is 28.6. The van der Waals surface area contributed by atoms with Gasteiger partial charge in [-0.3, -0.25) is 14.6 Å². The van der Waals surface area contributed by atoms with E-state index >= 15 is 0 Å². The highest BCUT2D eigenvalue weighted by Crippen LogP contribution is 2.55. The molecule has 2 fully saturated rings. The Hall–Kier alpha value is -3.23. The van der Waals surface area contributed by atoms with Crippen molar-refractivity contribution >= 4 is 35.2 Å². The number of amides is 2. The Bertz CT molecular complexity index is 1640. The van der Waals surface area contributed by atoms with Crippen LogP contribution >= 0.6 is 23.4 Å². The average molecular weight is 742 g/mol. The van der Waals surface area contributed by atoms with Crippen molar-refractivity contribution in [3.63, 3.8) is 0 Å². The summed E-state index contributed by atoms with van der Waals surface area (Å²) >= 11 is 8.41. The number of hydrogen-bond acceptors (Lipinski definition) is 10. The lowest BCUT2D eigenvalue weighted by Crippen LogP contribution is -2.53. The van der Waals surface area contributed by atoms with Crippen molar-refractivity contribution in [1.82, 2.24) is 9.88 Å². The van der Waals surface area contributed by atoms with Crippen LogP contribution < -0.4 is 10.5 Å². The van der Waals surface area contributed by atoms with E-state index in [0.717, 1.165) is 82.4 Å².